The molecule has 2 aliphatic rings. The third-order valence-electron chi connectivity index (χ3n) is 5.05. The average Bonchev–Trinajstić information content (AvgIpc) is 2.87. The Hall–Kier alpha value is -1.92. The molecule has 0 bridgehead atoms. The van der Waals surface area contributed by atoms with Crippen molar-refractivity contribution in [3.8, 4) is 0 Å². The minimum Gasteiger partial charge on any atom is -0.373 e. The maximum absolute atomic E-state index is 13.2. The Morgan fingerprint density at radius 1 is 1.08 bits per heavy atom. The third kappa shape index (κ3) is 4.58. The van der Waals surface area contributed by atoms with Gasteiger partial charge >= 0.3 is 0 Å². The third-order valence-corrected chi connectivity index (χ3v) is 5.05. The van der Waals surface area contributed by atoms with Crippen LogP contribution in [0.3, 0.4) is 0 Å². The van der Waals surface area contributed by atoms with E-state index in [0.29, 0.717) is 19.7 Å². The summed E-state index contributed by atoms with van der Waals surface area (Å²) in [6.45, 7) is 3.83. The minimum atomic E-state index is -0.315. The molecule has 25 heavy (non-hydrogen) atoms. The highest BCUT2D eigenvalue weighted by atomic mass is 16.5. The summed E-state index contributed by atoms with van der Waals surface area (Å²) in [5, 5.41) is 0. The molecule has 6 heteroatoms. The Balaban J connectivity index is 1.67. The van der Waals surface area contributed by atoms with Crippen molar-refractivity contribution in [2.45, 2.75) is 25.4 Å². The average molecular weight is 345 g/mol. The van der Waals surface area contributed by atoms with E-state index in [4.69, 9.17) is 10.5 Å². The molecular formula is C19H27N3O3. The topological polar surface area (TPSA) is 75.9 Å². The van der Waals surface area contributed by atoms with E-state index in [-0.39, 0.29) is 30.4 Å². The number of nitrogens with two attached hydrogens (primary N) is 1. The lowest BCUT2D eigenvalue weighted by Crippen LogP contribution is -2.43. The van der Waals surface area contributed by atoms with Crippen LogP contribution in [0, 0.1) is 5.92 Å². The quantitative estimate of drug-likeness (QED) is 0.889. The Labute approximate surface area is 148 Å². The first-order valence-electron chi connectivity index (χ1n) is 9.11. The predicted molar refractivity (Wildman–Crippen MR) is 94.7 cm³/mol. The van der Waals surface area contributed by atoms with E-state index >= 15 is 0 Å². The summed E-state index contributed by atoms with van der Waals surface area (Å²) in [5.41, 5.74) is 6.37. The van der Waals surface area contributed by atoms with E-state index in [1.165, 1.54) is 0 Å². The highest BCUT2D eigenvalue weighted by Gasteiger charge is 2.36. The van der Waals surface area contributed by atoms with Crippen molar-refractivity contribution in [3.05, 3.63) is 35.9 Å². The first kappa shape index (κ1) is 17.9. The fraction of sp³-hybridized carbons (Fsp3) is 0.579. The zero-order chi connectivity index (χ0) is 17.6. The molecule has 2 N–H and O–H groups in total. The highest BCUT2D eigenvalue weighted by Crippen LogP contribution is 2.35. The van der Waals surface area contributed by atoms with Crippen LogP contribution in [0.5, 0.6) is 0 Å². The number of amides is 2. The van der Waals surface area contributed by atoms with Crippen LogP contribution in [-0.4, -0.2) is 60.9 Å². The van der Waals surface area contributed by atoms with Crippen molar-refractivity contribution in [1.29, 1.82) is 0 Å². The van der Waals surface area contributed by atoms with Gasteiger partial charge in [-0.1, -0.05) is 30.3 Å². The molecular weight excluding hydrogens is 318 g/mol. The summed E-state index contributed by atoms with van der Waals surface area (Å²) in [6, 6.07) is 10.0. The number of carbonyl (C=O) groups is 2. The van der Waals surface area contributed by atoms with E-state index in [2.05, 4.69) is 0 Å². The zero-order valence-electron chi connectivity index (χ0n) is 14.6. The first-order valence-corrected chi connectivity index (χ1v) is 9.11. The molecule has 2 heterocycles. The van der Waals surface area contributed by atoms with Gasteiger partial charge in [-0.2, -0.15) is 0 Å². The van der Waals surface area contributed by atoms with Crippen LogP contribution < -0.4 is 5.73 Å². The number of benzene rings is 1. The van der Waals surface area contributed by atoms with Gasteiger partial charge in [-0.25, -0.2) is 0 Å². The van der Waals surface area contributed by atoms with Crippen molar-refractivity contribution < 1.29 is 14.3 Å². The van der Waals surface area contributed by atoms with Gasteiger partial charge in [0.25, 0.3) is 0 Å². The minimum absolute atomic E-state index is 0.126. The van der Waals surface area contributed by atoms with Crippen LogP contribution in [0.4, 0.5) is 0 Å². The standard InChI is InChI=1S/C19H27N3O3/c20-17(23)14-21-9-5-10-22(12-11-21)19(24)16-8-4-13-25-18(16)15-6-2-1-3-7-15/h1-3,6-7,16,18H,4-5,8-14H2,(H2,20,23). The van der Waals surface area contributed by atoms with Gasteiger partial charge in [0.05, 0.1) is 18.6 Å². The maximum Gasteiger partial charge on any atom is 0.231 e. The molecule has 2 saturated heterocycles. The lowest BCUT2D eigenvalue weighted by molar-refractivity contribution is -0.145. The summed E-state index contributed by atoms with van der Waals surface area (Å²) in [5.74, 6) is -0.266. The van der Waals surface area contributed by atoms with Crippen LogP contribution >= 0.6 is 0 Å². The molecule has 2 amide bonds. The van der Waals surface area contributed by atoms with Gasteiger partial charge in [0.15, 0.2) is 0 Å². The Morgan fingerprint density at radius 2 is 1.88 bits per heavy atom. The number of ether oxygens (including phenoxy) is 1. The van der Waals surface area contributed by atoms with Gasteiger partial charge in [-0.05, 0) is 24.8 Å². The summed E-state index contributed by atoms with van der Waals surface area (Å²) in [7, 11) is 0. The van der Waals surface area contributed by atoms with E-state index in [1.54, 1.807) is 0 Å². The Kier molecular flexibility index (Phi) is 6.04. The van der Waals surface area contributed by atoms with Gasteiger partial charge in [0, 0.05) is 32.8 Å². The summed E-state index contributed by atoms with van der Waals surface area (Å²) < 4.78 is 5.97. The zero-order valence-corrected chi connectivity index (χ0v) is 14.6. The van der Waals surface area contributed by atoms with Crippen LogP contribution in [0.25, 0.3) is 0 Å². The Bertz CT molecular complexity index is 593. The van der Waals surface area contributed by atoms with E-state index in [1.807, 2.05) is 40.1 Å². The summed E-state index contributed by atoms with van der Waals surface area (Å²) in [4.78, 5) is 28.3. The summed E-state index contributed by atoms with van der Waals surface area (Å²) >= 11 is 0. The molecule has 1 aromatic carbocycles. The number of primary amides is 1. The lowest BCUT2D eigenvalue weighted by atomic mass is 9.88. The van der Waals surface area contributed by atoms with Crippen LogP contribution in [-0.2, 0) is 14.3 Å². The molecule has 1 aromatic rings. The number of rotatable bonds is 4. The van der Waals surface area contributed by atoms with E-state index in [9.17, 15) is 9.59 Å². The largest absolute Gasteiger partial charge is 0.373 e. The predicted octanol–water partition coefficient (Wildman–Crippen LogP) is 1.17. The first-order chi connectivity index (χ1) is 12.1. The second-order valence-corrected chi connectivity index (χ2v) is 6.87. The highest BCUT2D eigenvalue weighted by molar-refractivity contribution is 5.80. The fourth-order valence-corrected chi connectivity index (χ4v) is 3.81. The van der Waals surface area contributed by atoms with E-state index in [0.717, 1.165) is 37.9 Å². The molecule has 2 aliphatic heterocycles. The lowest BCUT2D eigenvalue weighted by Gasteiger charge is -2.34. The van der Waals surface area contributed by atoms with Crippen LogP contribution in [0.2, 0.25) is 0 Å². The molecule has 0 radical (unpaired) electrons. The van der Waals surface area contributed by atoms with Crippen molar-refractivity contribution >= 4 is 11.8 Å². The maximum atomic E-state index is 13.2. The number of hydrogen-bond donors (Lipinski definition) is 1. The van der Waals surface area contributed by atoms with Crippen LogP contribution in [0.15, 0.2) is 30.3 Å². The van der Waals surface area contributed by atoms with Gasteiger partial charge < -0.3 is 15.4 Å². The molecule has 0 aromatic heterocycles. The van der Waals surface area contributed by atoms with E-state index < -0.39 is 0 Å². The monoisotopic (exact) mass is 345 g/mol. The molecule has 0 saturated carbocycles. The molecule has 6 nitrogen and oxygen atoms in total. The second-order valence-electron chi connectivity index (χ2n) is 6.87. The molecule has 0 aliphatic carbocycles. The van der Waals surface area contributed by atoms with Gasteiger partial charge in [0.2, 0.25) is 11.8 Å². The fourth-order valence-electron chi connectivity index (χ4n) is 3.81. The smallest absolute Gasteiger partial charge is 0.231 e. The number of hydrogen-bond acceptors (Lipinski definition) is 4. The number of carbonyl (C=O) groups excluding carboxylic acids is 2. The molecule has 0 spiro atoms. The molecule has 136 valence electrons. The molecule has 2 atom stereocenters. The molecule has 3 rings (SSSR count). The van der Waals surface area contributed by atoms with Crippen LogP contribution in [0.1, 0.15) is 30.9 Å². The van der Waals surface area contributed by atoms with Gasteiger partial charge in [0.1, 0.15) is 0 Å². The van der Waals surface area contributed by atoms with Crippen molar-refractivity contribution in [2.24, 2.45) is 11.7 Å². The molecule has 2 fully saturated rings. The summed E-state index contributed by atoms with van der Waals surface area (Å²) in [6.07, 6.45) is 2.48. The van der Waals surface area contributed by atoms with Gasteiger partial charge in [-0.3, -0.25) is 14.5 Å². The van der Waals surface area contributed by atoms with Crippen molar-refractivity contribution in [1.82, 2.24) is 9.80 Å². The normalized spacial score (nSPS) is 25.4. The van der Waals surface area contributed by atoms with Crippen molar-refractivity contribution in [3.63, 3.8) is 0 Å². The SMILES string of the molecule is NC(=O)CN1CCCN(C(=O)C2CCCOC2c2ccccc2)CC1. The second kappa shape index (κ2) is 8.45. The van der Waals surface area contributed by atoms with Gasteiger partial charge in [-0.15, -0.1) is 0 Å². The Morgan fingerprint density at radius 3 is 2.64 bits per heavy atom. The number of nitrogens with zero attached hydrogens (tertiary/aromatic N) is 2. The van der Waals surface area contributed by atoms with Crippen molar-refractivity contribution in [2.75, 3.05) is 39.3 Å². The molecule has 2 unspecified atom stereocenters.